The first-order valence-corrected chi connectivity index (χ1v) is 5.68. The molecule has 1 heteroatoms. The Morgan fingerprint density at radius 3 is 2.62 bits per heavy atom. The highest BCUT2D eigenvalue weighted by Gasteiger charge is 2.47. The van der Waals surface area contributed by atoms with Crippen molar-refractivity contribution in [3.63, 3.8) is 0 Å². The van der Waals surface area contributed by atoms with Crippen molar-refractivity contribution in [2.45, 2.75) is 58.5 Å². The Bertz CT molecular complexity index is 189. The standard InChI is InChI=1S/C12H22O/c1-10-5-7-11(2,3)9-12(10)6-4-8-13-12/h10H,4-9H2,1-3H3. The van der Waals surface area contributed by atoms with Crippen LogP contribution in [0.25, 0.3) is 0 Å². The molecule has 0 aromatic heterocycles. The van der Waals surface area contributed by atoms with Gasteiger partial charge in [-0.3, -0.25) is 0 Å². The van der Waals surface area contributed by atoms with E-state index in [9.17, 15) is 0 Å². The Balaban J connectivity index is 2.15. The van der Waals surface area contributed by atoms with Gasteiger partial charge in [-0.25, -0.2) is 0 Å². The van der Waals surface area contributed by atoms with Crippen molar-refractivity contribution in [1.82, 2.24) is 0 Å². The van der Waals surface area contributed by atoms with Crippen LogP contribution in [0.1, 0.15) is 52.9 Å². The second kappa shape index (κ2) is 2.98. The van der Waals surface area contributed by atoms with E-state index in [0.29, 0.717) is 5.41 Å². The molecule has 1 saturated carbocycles. The highest BCUT2D eigenvalue weighted by molar-refractivity contribution is 4.98. The van der Waals surface area contributed by atoms with Gasteiger partial charge in [-0.15, -0.1) is 0 Å². The number of hydrogen-bond donors (Lipinski definition) is 0. The lowest BCUT2D eigenvalue weighted by molar-refractivity contribution is -0.0949. The van der Waals surface area contributed by atoms with Gasteiger partial charge in [-0.2, -0.15) is 0 Å². The Morgan fingerprint density at radius 1 is 1.23 bits per heavy atom. The molecule has 2 unspecified atom stereocenters. The topological polar surface area (TPSA) is 9.23 Å². The van der Waals surface area contributed by atoms with Crippen LogP contribution in [0.5, 0.6) is 0 Å². The van der Waals surface area contributed by atoms with Gasteiger partial charge in [0.15, 0.2) is 0 Å². The minimum Gasteiger partial charge on any atom is -0.375 e. The van der Waals surface area contributed by atoms with E-state index in [2.05, 4.69) is 20.8 Å². The van der Waals surface area contributed by atoms with Gasteiger partial charge in [0.1, 0.15) is 0 Å². The van der Waals surface area contributed by atoms with E-state index < -0.39 is 0 Å². The summed E-state index contributed by atoms with van der Waals surface area (Å²) in [6.45, 7) is 8.16. The molecule has 0 aromatic carbocycles. The van der Waals surface area contributed by atoms with Crippen molar-refractivity contribution in [2.24, 2.45) is 11.3 Å². The van der Waals surface area contributed by atoms with Crippen molar-refractivity contribution < 1.29 is 4.74 Å². The molecule has 2 atom stereocenters. The Morgan fingerprint density at radius 2 is 2.00 bits per heavy atom. The molecule has 0 bridgehead atoms. The second-order valence-corrected chi connectivity index (χ2v) is 5.80. The van der Waals surface area contributed by atoms with Crippen LogP contribution in [0.2, 0.25) is 0 Å². The summed E-state index contributed by atoms with van der Waals surface area (Å²) >= 11 is 0. The van der Waals surface area contributed by atoms with Crippen molar-refractivity contribution in [1.29, 1.82) is 0 Å². The average Bonchev–Trinajstić information content (AvgIpc) is 2.47. The van der Waals surface area contributed by atoms with Crippen molar-refractivity contribution >= 4 is 0 Å². The first-order valence-electron chi connectivity index (χ1n) is 5.68. The van der Waals surface area contributed by atoms with Crippen LogP contribution < -0.4 is 0 Å². The highest BCUT2D eigenvalue weighted by atomic mass is 16.5. The van der Waals surface area contributed by atoms with E-state index in [0.717, 1.165) is 12.5 Å². The third-order valence-electron chi connectivity index (χ3n) is 4.06. The van der Waals surface area contributed by atoms with E-state index in [1.54, 1.807) is 0 Å². The van der Waals surface area contributed by atoms with Crippen LogP contribution in [-0.2, 0) is 4.74 Å². The molecule has 1 heterocycles. The van der Waals surface area contributed by atoms with E-state index >= 15 is 0 Å². The summed E-state index contributed by atoms with van der Waals surface area (Å²) in [5.41, 5.74) is 0.776. The average molecular weight is 182 g/mol. The summed E-state index contributed by atoms with van der Waals surface area (Å²) in [6, 6.07) is 0. The minimum absolute atomic E-state index is 0.266. The zero-order valence-corrected chi connectivity index (χ0v) is 9.23. The third-order valence-corrected chi connectivity index (χ3v) is 4.06. The molecule has 1 spiro atoms. The lowest BCUT2D eigenvalue weighted by Crippen LogP contribution is -2.44. The summed E-state index contributed by atoms with van der Waals surface area (Å²) in [4.78, 5) is 0. The van der Waals surface area contributed by atoms with E-state index in [1.165, 1.54) is 32.1 Å². The fourth-order valence-corrected chi connectivity index (χ4v) is 3.19. The zero-order valence-electron chi connectivity index (χ0n) is 9.23. The molecular weight excluding hydrogens is 160 g/mol. The second-order valence-electron chi connectivity index (χ2n) is 5.80. The Labute approximate surface area is 81.9 Å². The van der Waals surface area contributed by atoms with Crippen LogP contribution in [0.15, 0.2) is 0 Å². The number of hydrogen-bond acceptors (Lipinski definition) is 1. The molecule has 2 rings (SSSR count). The SMILES string of the molecule is CC1CCC(C)(C)CC12CCCO2. The smallest absolute Gasteiger partial charge is 0.0713 e. The van der Waals surface area contributed by atoms with Crippen molar-refractivity contribution in [3.05, 3.63) is 0 Å². The minimum atomic E-state index is 0.266. The normalized spacial score (nSPS) is 44.1. The molecule has 0 N–H and O–H groups in total. The largest absolute Gasteiger partial charge is 0.375 e. The van der Waals surface area contributed by atoms with Gasteiger partial charge in [-0.05, 0) is 43.4 Å². The third kappa shape index (κ3) is 1.63. The van der Waals surface area contributed by atoms with Gasteiger partial charge in [0.05, 0.1) is 5.60 Å². The molecular formula is C12H22O. The lowest BCUT2D eigenvalue weighted by Gasteiger charge is -2.46. The monoisotopic (exact) mass is 182 g/mol. The zero-order chi connectivity index (χ0) is 9.53. The molecule has 1 aliphatic heterocycles. The van der Waals surface area contributed by atoms with Crippen LogP contribution in [0.4, 0.5) is 0 Å². The summed E-state index contributed by atoms with van der Waals surface area (Å²) in [5.74, 6) is 0.781. The summed E-state index contributed by atoms with van der Waals surface area (Å²) in [7, 11) is 0. The number of rotatable bonds is 0. The quantitative estimate of drug-likeness (QED) is 0.558. The van der Waals surface area contributed by atoms with Crippen molar-refractivity contribution in [3.8, 4) is 0 Å². The van der Waals surface area contributed by atoms with Crippen LogP contribution in [0, 0.1) is 11.3 Å². The fourth-order valence-electron chi connectivity index (χ4n) is 3.19. The highest BCUT2D eigenvalue weighted by Crippen LogP contribution is 2.50. The Kier molecular flexibility index (Phi) is 2.18. The van der Waals surface area contributed by atoms with E-state index in [1.807, 2.05) is 0 Å². The molecule has 0 aromatic rings. The van der Waals surface area contributed by atoms with Crippen LogP contribution in [0.3, 0.4) is 0 Å². The van der Waals surface area contributed by atoms with E-state index in [4.69, 9.17) is 4.74 Å². The van der Waals surface area contributed by atoms with Gasteiger partial charge < -0.3 is 4.74 Å². The molecule has 0 amide bonds. The predicted octanol–water partition coefficient (Wildman–Crippen LogP) is 3.38. The fraction of sp³-hybridized carbons (Fsp3) is 1.00. The first kappa shape index (κ1) is 9.51. The molecule has 13 heavy (non-hydrogen) atoms. The maximum atomic E-state index is 6.03. The lowest BCUT2D eigenvalue weighted by atomic mass is 9.64. The number of ether oxygens (including phenoxy) is 1. The van der Waals surface area contributed by atoms with Crippen LogP contribution >= 0.6 is 0 Å². The molecule has 76 valence electrons. The predicted molar refractivity (Wildman–Crippen MR) is 54.7 cm³/mol. The molecule has 0 radical (unpaired) electrons. The van der Waals surface area contributed by atoms with Crippen LogP contribution in [-0.4, -0.2) is 12.2 Å². The van der Waals surface area contributed by atoms with Gasteiger partial charge in [0.2, 0.25) is 0 Å². The summed E-state index contributed by atoms with van der Waals surface area (Å²) in [6.07, 6.45) is 6.59. The van der Waals surface area contributed by atoms with Gasteiger partial charge in [0.25, 0.3) is 0 Å². The van der Waals surface area contributed by atoms with Gasteiger partial charge >= 0.3 is 0 Å². The van der Waals surface area contributed by atoms with E-state index in [-0.39, 0.29) is 5.60 Å². The maximum absolute atomic E-state index is 6.03. The molecule has 1 nitrogen and oxygen atoms in total. The maximum Gasteiger partial charge on any atom is 0.0713 e. The Hall–Kier alpha value is -0.0400. The summed E-state index contributed by atoms with van der Waals surface area (Å²) < 4.78 is 6.03. The molecule has 1 aliphatic carbocycles. The molecule has 2 aliphatic rings. The van der Waals surface area contributed by atoms with Gasteiger partial charge in [-0.1, -0.05) is 20.8 Å². The molecule has 1 saturated heterocycles. The summed E-state index contributed by atoms with van der Waals surface area (Å²) in [5, 5.41) is 0. The first-order chi connectivity index (χ1) is 6.04. The van der Waals surface area contributed by atoms with Crippen molar-refractivity contribution in [2.75, 3.05) is 6.61 Å². The van der Waals surface area contributed by atoms with Gasteiger partial charge in [0, 0.05) is 6.61 Å². The molecule has 2 fully saturated rings.